The van der Waals surface area contributed by atoms with Crippen molar-refractivity contribution in [3.63, 3.8) is 0 Å². The minimum absolute atomic E-state index is 0.0937. The number of rotatable bonds is 6. The molecule has 1 aliphatic rings. The molecular formula is C16H22N2O. The van der Waals surface area contributed by atoms with Gasteiger partial charge < -0.3 is 10.1 Å². The van der Waals surface area contributed by atoms with Crippen LogP contribution < -0.4 is 5.32 Å². The van der Waals surface area contributed by atoms with E-state index in [1.165, 1.54) is 17.5 Å². The number of hydrogen-bond donors (Lipinski definition) is 1. The van der Waals surface area contributed by atoms with Gasteiger partial charge in [-0.25, -0.2) is 0 Å². The Balaban J connectivity index is 1.86. The van der Waals surface area contributed by atoms with Gasteiger partial charge in [0.25, 0.3) is 0 Å². The molecular weight excluding hydrogens is 236 g/mol. The Labute approximate surface area is 115 Å². The standard InChI is InChI=1S/C16H22N2O/c1-2-18-14(12-17)10-11-19-16-9-5-7-13-6-3-4-8-15(13)16/h3-4,6,8,14,16,18H,2,5,7,9-11H2,1H3. The van der Waals surface area contributed by atoms with Crippen LogP contribution in [0.2, 0.25) is 0 Å². The molecule has 0 aliphatic heterocycles. The van der Waals surface area contributed by atoms with Crippen LogP contribution in [0.3, 0.4) is 0 Å². The normalized spacial score (nSPS) is 19.5. The van der Waals surface area contributed by atoms with Crippen LogP contribution >= 0.6 is 0 Å². The van der Waals surface area contributed by atoms with Crippen molar-refractivity contribution in [2.75, 3.05) is 13.2 Å². The second-order valence-corrected chi connectivity index (χ2v) is 4.98. The van der Waals surface area contributed by atoms with Crippen LogP contribution in [0.1, 0.15) is 43.4 Å². The van der Waals surface area contributed by atoms with Crippen molar-refractivity contribution in [2.45, 2.75) is 44.8 Å². The van der Waals surface area contributed by atoms with Crippen molar-refractivity contribution in [3.8, 4) is 6.07 Å². The van der Waals surface area contributed by atoms with Crippen molar-refractivity contribution in [1.29, 1.82) is 5.26 Å². The molecule has 0 radical (unpaired) electrons. The predicted octanol–water partition coefficient (Wildman–Crippen LogP) is 2.97. The maximum absolute atomic E-state index is 8.98. The summed E-state index contributed by atoms with van der Waals surface area (Å²) in [5.74, 6) is 0. The van der Waals surface area contributed by atoms with Crippen LogP contribution in [-0.2, 0) is 11.2 Å². The Bertz CT molecular complexity index is 439. The summed E-state index contributed by atoms with van der Waals surface area (Å²) in [6.45, 7) is 3.48. The van der Waals surface area contributed by atoms with Gasteiger partial charge in [-0.1, -0.05) is 31.2 Å². The molecule has 1 aromatic carbocycles. The molecule has 3 heteroatoms. The number of nitrogens with zero attached hydrogens (tertiary/aromatic N) is 1. The fourth-order valence-corrected chi connectivity index (χ4v) is 2.67. The van der Waals surface area contributed by atoms with Crippen molar-refractivity contribution < 1.29 is 4.74 Å². The summed E-state index contributed by atoms with van der Waals surface area (Å²) in [4.78, 5) is 0. The Hall–Kier alpha value is -1.37. The first-order valence-electron chi connectivity index (χ1n) is 7.17. The highest BCUT2D eigenvalue weighted by Crippen LogP contribution is 2.32. The van der Waals surface area contributed by atoms with Gasteiger partial charge >= 0.3 is 0 Å². The van der Waals surface area contributed by atoms with E-state index in [1.807, 2.05) is 6.92 Å². The van der Waals surface area contributed by atoms with Crippen LogP contribution in [0.4, 0.5) is 0 Å². The van der Waals surface area contributed by atoms with E-state index in [2.05, 4.69) is 35.7 Å². The van der Waals surface area contributed by atoms with E-state index in [9.17, 15) is 0 Å². The molecule has 0 heterocycles. The molecule has 3 nitrogen and oxygen atoms in total. The van der Waals surface area contributed by atoms with E-state index in [-0.39, 0.29) is 12.1 Å². The molecule has 1 N–H and O–H groups in total. The molecule has 2 rings (SSSR count). The molecule has 102 valence electrons. The SMILES string of the molecule is CCNC(C#N)CCOC1CCCc2ccccc21. The Morgan fingerprint density at radius 2 is 2.32 bits per heavy atom. The Morgan fingerprint density at radius 3 is 3.11 bits per heavy atom. The zero-order valence-electron chi connectivity index (χ0n) is 11.6. The minimum Gasteiger partial charge on any atom is -0.373 e. The lowest BCUT2D eigenvalue weighted by molar-refractivity contribution is 0.0372. The maximum atomic E-state index is 8.98. The van der Waals surface area contributed by atoms with Crippen molar-refractivity contribution >= 4 is 0 Å². The zero-order valence-corrected chi connectivity index (χ0v) is 11.6. The molecule has 1 aromatic rings. The number of nitriles is 1. The number of nitrogens with one attached hydrogen (secondary N) is 1. The highest BCUT2D eigenvalue weighted by Gasteiger charge is 2.20. The zero-order chi connectivity index (χ0) is 13.5. The van der Waals surface area contributed by atoms with Crippen molar-refractivity contribution in [1.82, 2.24) is 5.32 Å². The van der Waals surface area contributed by atoms with E-state index >= 15 is 0 Å². The molecule has 0 saturated carbocycles. The summed E-state index contributed by atoms with van der Waals surface area (Å²) in [5.41, 5.74) is 2.76. The van der Waals surface area contributed by atoms with Gasteiger partial charge in [0.1, 0.15) is 0 Å². The first kappa shape index (κ1) is 14.0. The lowest BCUT2D eigenvalue weighted by Gasteiger charge is -2.26. The average molecular weight is 258 g/mol. The summed E-state index contributed by atoms with van der Waals surface area (Å²) in [6.07, 6.45) is 4.41. The highest BCUT2D eigenvalue weighted by atomic mass is 16.5. The third-order valence-corrected chi connectivity index (χ3v) is 3.65. The second kappa shape index (κ2) is 7.28. The molecule has 19 heavy (non-hydrogen) atoms. The second-order valence-electron chi connectivity index (χ2n) is 4.98. The topological polar surface area (TPSA) is 45.0 Å². The number of fused-ring (bicyclic) bond motifs is 1. The number of benzene rings is 1. The van der Waals surface area contributed by atoms with Crippen molar-refractivity contribution in [3.05, 3.63) is 35.4 Å². The molecule has 2 atom stereocenters. The Kier molecular flexibility index (Phi) is 5.38. The average Bonchev–Trinajstić information content (AvgIpc) is 2.46. The van der Waals surface area contributed by atoms with Crippen LogP contribution in [-0.4, -0.2) is 19.2 Å². The first-order valence-corrected chi connectivity index (χ1v) is 7.17. The van der Waals surface area contributed by atoms with E-state index < -0.39 is 0 Å². The fraction of sp³-hybridized carbons (Fsp3) is 0.562. The van der Waals surface area contributed by atoms with Gasteiger partial charge in [-0.3, -0.25) is 0 Å². The van der Waals surface area contributed by atoms with Gasteiger partial charge in [-0.15, -0.1) is 0 Å². The van der Waals surface area contributed by atoms with Gasteiger partial charge in [0, 0.05) is 6.61 Å². The maximum Gasteiger partial charge on any atom is 0.0974 e. The molecule has 0 spiro atoms. The van der Waals surface area contributed by atoms with E-state index in [0.717, 1.165) is 25.8 Å². The summed E-state index contributed by atoms with van der Waals surface area (Å²) in [6, 6.07) is 10.7. The van der Waals surface area contributed by atoms with E-state index in [1.54, 1.807) is 0 Å². The highest BCUT2D eigenvalue weighted by molar-refractivity contribution is 5.31. The van der Waals surface area contributed by atoms with Gasteiger partial charge in [-0.05, 0) is 43.4 Å². The number of aryl methyl sites for hydroxylation is 1. The lowest BCUT2D eigenvalue weighted by atomic mass is 9.89. The van der Waals surface area contributed by atoms with Crippen LogP contribution in [0.25, 0.3) is 0 Å². The lowest BCUT2D eigenvalue weighted by Crippen LogP contribution is -2.28. The molecule has 2 unspecified atom stereocenters. The summed E-state index contributed by atoms with van der Waals surface area (Å²) in [5, 5.41) is 12.1. The largest absolute Gasteiger partial charge is 0.373 e. The van der Waals surface area contributed by atoms with Gasteiger partial charge in [-0.2, -0.15) is 5.26 Å². The Morgan fingerprint density at radius 1 is 1.47 bits per heavy atom. The predicted molar refractivity (Wildman–Crippen MR) is 75.8 cm³/mol. The monoisotopic (exact) mass is 258 g/mol. The third-order valence-electron chi connectivity index (χ3n) is 3.65. The van der Waals surface area contributed by atoms with Gasteiger partial charge in [0.15, 0.2) is 0 Å². The van der Waals surface area contributed by atoms with Gasteiger partial charge in [0.2, 0.25) is 0 Å². The summed E-state index contributed by atoms with van der Waals surface area (Å²) in [7, 11) is 0. The van der Waals surface area contributed by atoms with E-state index in [4.69, 9.17) is 10.00 Å². The fourth-order valence-electron chi connectivity index (χ4n) is 2.67. The summed E-state index contributed by atoms with van der Waals surface area (Å²) < 4.78 is 6.00. The number of ether oxygens (including phenoxy) is 1. The molecule has 0 amide bonds. The molecule has 0 bridgehead atoms. The quantitative estimate of drug-likeness (QED) is 0.853. The molecule has 0 saturated heterocycles. The van der Waals surface area contributed by atoms with Gasteiger partial charge in [0.05, 0.1) is 18.2 Å². The third kappa shape index (κ3) is 3.79. The minimum atomic E-state index is -0.0937. The van der Waals surface area contributed by atoms with Crippen LogP contribution in [0, 0.1) is 11.3 Å². The van der Waals surface area contributed by atoms with Crippen LogP contribution in [0.5, 0.6) is 0 Å². The smallest absolute Gasteiger partial charge is 0.0974 e. The van der Waals surface area contributed by atoms with E-state index in [0.29, 0.717) is 6.61 Å². The summed E-state index contributed by atoms with van der Waals surface area (Å²) >= 11 is 0. The number of hydrogen-bond acceptors (Lipinski definition) is 3. The molecule has 0 aromatic heterocycles. The van der Waals surface area contributed by atoms with Crippen LogP contribution in [0.15, 0.2) is 24.3 Å². The first-order chi connectivity index (χ1) is 9.35. The molecule has 0 fully saturated rings. The molecule has 1 aliphatic carbocycles. The van der Waals surface area contributed by atoms with Crippen molar-refractivity contribution in [2.24, 2.45) is 0 Å².